The van der Waals surface area contributed by atoms with Crippen molar-refractivity contribution in [1.82, 2.24) is 19.5 Å². The molecule has 0 bridgehead atoms. The maximum absolute atomic E-state index is 6.72. The van der Waals surface area contributed by atoms with Crippen LogP contribution in [0.15, 0.2) is 186 Å². The molecule has 0 radical (unpaired) electrons. The Morgan fingerprint density at radius 2 is 1.05 bits per heavy atom. The van der Waals surface area contributed by atoms with E-state index in [2.05, 4.69) is 144 Å². The molecule has 4 heterocycles. The minimum absolute atomic E-state index is 0.600. The van der Waals surface area contributed by atoms with Crippen LogP contribution in [-0.2, 0) is 0 Å². The van der Waals surface area contributed by atoms with Crippen molar-refractivity contribution in [1.29, 1.82) is 0 Å². The summed E-state index contributed by atoms with van der Waals surface area (Å²) in [7, 11) is 0. The smallest absolute Gasteiger partial charge is 0.164 e. The normalized spacial score (nSPS) is 11.9. The van der Waals surface area contributed by atoms with Crippen molar-refractivity contribution >= 4 is 75.3 Å². The van der Waals surface area contributed by atoms with Gasteiger partial charge in [-0.3, -0.25) is 0 Å². The third kappa shape index (κ3) is 5.04. The topological polar surface area (TPSA) is 56.7 Å². The van der Waals surface area contributed by atoms with Gasteiger partial charge in [0.1, 0.15) is 11.2 Å². The van der Waals surface area contributed by atoms with Gasteiger partial charge in [-0.1, -0.05) is 140 Å². The molecule has 0 saturated heterocycles. The third-order valence-corrected chi connectivity index (χ3v) is 12.2. The van der Waals surface area contributed by atoms with E-state index in [0.29, 0.717) is 17.5 Å². The molecular formula is C51H30N4OS. The number of thiophene rings is 1. The van der Waals surface area contributed by atoms with Gasteiger partial charge in [0.25, 0.3) is 0 Å². The number of furan rings is 1. The first-order valence-corrected chi connectivity index (χ1v) is 19.8. The molecule has 12 aromatic rings. The molecule has 0 aliphatic heterocycles. The van der Waals surface area contributed by atoms with Gasteiger partial charge in [-0.05, 0) is 42.0 Å². The Labute approximate surface area is 330 Å². The third-order valence-electron chi connectivity index (χ3n) is 11.1. The summed E-state index contributed by atoms with van der Waals surface area (Å²) < 4.78 is 11.6. The fraction of sp³-hybridized carbons (Fsp3) is 0. The highest BCUT2D eigenvalue weighted by Gasteiger charge is 2.21. The zero-order valence-corrected chi connectivity index (χ0v) is 31.2. The molecule has 0 amide bonds. The summed E-state index contributed by atoms with van der Waals surface area (Å²) in [6.45, 7) is 0. The molecule has 8 aromatic carbocycles. The van der Waals surface area contributed by atoms with Gasteiger partial charge in [-0.2, -0.15) is 0 Å². The SMILES string of the molecule is c1ccc(-c2nc(-c3ccc4c(c3)sc3ccccc34)nc(-c3cccc4oc5cc(-n6c7ccccc7c7cccc(-c8ccccc8)c76)ccc5c34)n2)cc1. The number of hydrogen-bond donors (Lipinski definition) is 0. The number of rotatable bonds is 5. The lowest BCUT2D eigenvalue weighted by molar-refractivity contribution is 0.668. The largest absolute Gasteiger partial charge is 0.456 e. The first kappa shape index (κ1) is 31.9. The number of fused-ring (bicyclic) bond motifs is 9. The second kappa shape index (κ2) is 12.6. The molecule has 0 spiro atoms. The molecule has 6 heteroatoms. The fourth-order valence-electron chi connectivity index (χ4n) is 8.48. The molecule has 0 atom stereocenters. The molecule has 4 aromatic heterocycles. The van der Waals surface area contributed by atoms with Gasteiger partial charge in [0.2, 0.25) is 0 Å². The standard InChI is InChI=1S/C51H30N4OS/c1-3-13-31(14-4-1)35-19-11-20-39-36-17-7-9-22-42(36)55(48(35)39)34-26-28-40-44(30-34)56-43-23-12-21-41(47(40)43)51-53-49(32-15-5-2-6-16-32)52-50(54-51)33-25-27-38-37-18-8-10-24-45(37)57-46(38)29-33/h1-30H. The van der Waals surface area contributed by atoms with Crippen molar-refractivity contribution in [2.24, 2.45) is 0 Å². The van der Waals surface area contributed by atoms with Gasteiger partial charge >= 0.3 is 0 Å². The molecule has 0 aliphatic carbocycles. The molecule has 0 saturated carbocycles. The Morgan fingerprint density at radius 3 is 1.91 bits per heavy atom. The van der Waals surface area contributed by atoms with Crippen LogP contribution in [0.5, 0.6) is 0 Å². The Bertz CT molecular complexity index is 3530. The van der Waals surface area contributed by atoms with Crippen LogP contribution >= 0.6 is 11.3 Å². The van der Waals surface area contributed by atoms with Gasteiger partial charge in [0.05, 0.1) is 11.0 Å². The summed E-state index contributed by atoms with van der Waals surface area (Å²) in [4.78, 5) is 15.4. The van der Waals surface area contributed by atoms with Crippen LogP contribution in [0.4, 0.5) is 0 Å². The minimum Gasteiger partial charge on any atom is -0.456 e. The van der Waals surface area contributed by atoms with E-state index >= 15 is 0 Å². The van der Waals surface area contributed by atoms with Crippen molar-refractivity contribution in [2.75, 3.05) is 0 Å². The van der Waals surface area contributed by atoms with E-state index in [1.165, 1.54) is 47.6 Å². The van der Waals surface area contributed by atoms with Crippen LogP contribution in [0.2, 0.25) is 0 Å². The minimum atomic E-state index is 0.600. The number of para-hydroxylation sites is 2. The maximum atomic E-state index is 6.72. The first-order chi connectivity index (χ1) is 28.2. The summed E-state index contributed by atoms with van der Waals surface area (Å²) >= 11 is 1.79. The highest BCUT2D eigenvalue weighted by Crippen LogP contribution is 2.42. The van der Waals surface area contributed by atoms with Crippen LogP contribution in [0.25, 0.3) is 115 Å². The molecule has 0 aliphatic rings. The molecule has 266 valence electrons. The number of benzene rings is 8. The first-order valence-electron chi connectivity index (χ1n) is 19.0. The predicted octanol–water partition coefficient (Wildman–Crippen LogP) is 13.9. The summed E-state index contributed by atoms with van der Waals surface area (Å²) in [6, 6.07) is 63.8. The van der Waals surface area contributed by atoms with Crippen molar-refractivity contribution in [3.05, 3.63) is 182 Å². The number of hydrogen-bond acceptors (Lipinski definition) is 5. The maximum Gasteiger partial charge on any atom is 0.164 e. The van der Waals surface area contributed by atoms with Crippen LogP contribution < -0.4 is 0 Å². The average Bonchev–Trinajstić information content (AvgIpc) is 3.96. The average molecular weight is 747 g/mol. The van der Waals surface area contributed by atoms with Crippen molar-refractivity contribution in [2.45, 2.75) is 0 Å². The lowest BCUT2D eigenvalue weighted by atomic mass is 10.0. The van der Waals surface area contributed by atoms with E-state index < -0.39 is 0 Å². The van der Waals surface area contributed by atoms with E-state index in [-0.39, 0.29) is 0 Å². The molecular weight excluding hydrogens is 717 g/mol. The van der Waals surface area contributed by atoms with E-state index in [4.69, 9.17) is 19.4 Å². The lowest BCUT2D eigenvalue weighted by Crippen LogP contribution is -2.00. The Balaban J connectivity index is 1.05. The summed E-state index contributed by atoms with van der Waals surface area (Å²) in [6.07, 6.45) is 0. The summed E-state index contributed by atoms with van der Waals surface area (Å²) in [5.41, 5.74) is 10.1. The molecule has 5 nitrogen and oxygen atoms in total. The molecule has 0 fully saturated rings. The summed E-state index contributed by atoms with van der Waals surface area (Å²) in [5, 5.41) is 6.91. The van der Waals surface area contributed by atoms with E-state index in [1.54, 1.807) is 11.3 Å². The quantitative estimate of drug-likeness (QED) is 0.176. The van der Waals surface area contributed by atoms with E-state index in [0.717, 1.165) is 49.8 Å². The van der Waals surface area contributed by atoms with Crippen LogP contribution in [0, 0.1) is 0 Å². The van der Waals surface area contributed by atoms with Gasteiger partial charge < -0.3 is 8.98 Å². The number of nitrogens with zero attached hydrogens (tertiary/aromatic N) is 4. The van der Waals surface area contributed by atoms with Gasteiger partial charge in [-0.15, -0.1) is 11.3 Å². The van der Waals surface area contributed by atoms with Crippen molar-refractivity contribution in [3.63, 3.8) is 0 Å². The Hall–Kier alpha value is -7.41. The zero-order valence-electron chi connectivity index (χ0n) is 30.4. The van der Waals surface area contributed by atoms with Crippen molar-refractivity contribution in [3.8, 4) is 51.0 Å². The van der Waals surface area contributed by atoms with E-state index in [1.807, 2.05) is 42.5 Å². The van der Waals surface area contributed by atoms with Gasteiger partial charge in [0.15, 0.2) is 17.5 Å². The monoisotopic (exact) mass is 746 g/mol. The van der Waals surface area contributed by atoms with E-state index in [9.17, 15) is 0 Å². The zero-order chi connectivity index (χ0) is 37.5. The predicted molar refractivity (Wildman–Crippen MR) is 236 cm³/mol. The summed E-state index contributed by atoms with van der Waals surface area (Å²) in [5.74, 6) is 1.85. The molecule has 12 rings (SSSR count). The highest BCUT2D eigenvalue weighted by molar-refractivity contribution is 7.25. The van der Waals surface area contributed by atoms with Crippen LogP contribution in [-0.4, -0.2) is 19.5 Å². The molecule has 57 heavy (non-hydrogen) atoms. The van der Waals surface area contributed by atoms with Gasteiger partial charge in [0, 0.05) is 75.7 Å². The molecule has 0 N–H and O–H groups in total. The fourth-order valence-corrected chi connectivity index (χ4v) is 9.63. The van der Waals surface area contributed by atoms with Gasteiger partial charge in [-0.25, -0.2) is 15.0 Å². The molecule has 0 unspecified atom stereocenters. The Kier molecular flexibility index (Phi) is 7.03. The van der Waals surface area contributed by atoms with Crippen molar-refractivity contribution < 1.29 is 4.42 Å². The second-order valence-electron chi connectivity index (χ2n) is 14.4. The van der Waals surface area contributed by atoms with Crippen LogP contribution in [0.1, 0.15) is 0 Å². The lowest BCUT2D eigenvalue weighted by Gasteiger charge is -2.12. The number of aromatic nitrogens is 4. The van der Waals surface area contributed by atoms with Crippen LogP contribution in [0.3, 0.4) is 0 Å². The second-order valence-corrected chi connectivity index (χ2v) is 15.4. The Morgan fingerprint density at radius 1 is 0.404 bits per heavy atom. The highest BCUT2D eigenvalue weighted by atomic mass is 32.1.